The molecule has 1 unspecified atom stereocenters. The second kappa shape index (κ2) is 5.21. The Hall–Kier alpha value is -0.970. The highest BCUT2D eigenvalue weighted by molar-refractivity contribution is 5.11. The van der Waals surface area contributed by atoms with E-state index in [-0.39, 0.29) is 6.29 Å². The molecule has 0 amide bonds. The molecule has 0 bridgehead atoms. The average molecular weight is 209 g/mol. The number of hydrogen-bond acceptors (Lipinski definition) is 4. The number of hydrogen-bond donors (Lipinski definition) is 1. The molecule has 1 aliphatic heterocycles. The molecule has 0 spiro atoms. The van der Waals surface area contributed by atoms with Gasteiger partial charge in [-0.1, -0.05) is 6.07 Å². The van der Waals surface area contributed by atoms with Gasteiger partial charge < -0.3 is 14.6 Å². The first-order valence-electron chi connectivity index (χ1n) is 5.17. The van der Waals surface area contributed by atoms with Gasteiger partial charge in [-0.05, 0) is 18.1 Å². The zero-order valence-corrected chi connectivity index (χ0v) is 8.50. The molecule has 1 saturated heterocycles. The first-order chi connectivity index (χ1) is 7.36. The summed E-state index contributed by atoms with van der Waals surface area (Å²) in [7, 11) is 0. The molecule has 0 aliphatic carbocycles. The number of aromatic nitrogens is 1. The number of nitrogens with zero attached hydrogens (tertiary/aromatic N) is 1. The Morgan fingerprint density at radius 3 is 2.93 bits per heavy atom. The Bertz CT molecular complexity index is 285. The Morgan fingerprint density at radius 1 is 1.47 bits per heavy atom. The van der Waals surface area contributed by atoms with Gasteiger partial charge in [0, 0.05) is 18.8 Å². The molecule has 1 atom stereocenters. The lowest BCUT2D eigenvalue weighted by Crippen LogP contribution is -2.09. The lowest BCUT2D eigenvalue weighted by molar-refractivity contribution is -0.0542. The zero-order chi connectivity index (χ0) is 10.5. The van der Waals surface area contributed by atoms with Crippen LogP contribution in [0.5, 0.6) is 0 Å². The molecule has 1 aromatic rings. The third-order valence-corrected chi connectivity index (χ3v) is 2.44. The van der Waals surface area contributed by atoms with Gasteiger partial charge in [-0.25, -0.2) is 0 Å². The smallest absolute Gasteiger partial charge is 0.157 e. The van der Waals surface area contributed by atoms with Crippen molar-refractivity contribution in [1.82, 2.24) is 4.98 Å². The summed E-state index contributed by atoms with van der Waals surface area (Å²) in [6.45, 7) is 1.32. The predicted octanol–water partition coefficient (Wildman–Crippen LogP) is 1.27. The summed E-state index contributed by atoms with van der Waals surface area (Å²) in [5.41, 5.74) is 0.843. The van der Waals surface area contributed by atoms with E-state index in [9.17, 15) is 5.11 Å². The number of aliphatic hydroxyl groups is 1. The highest BCUT2D eigenvalue weighted by atomic mass is 16.7. The maximum atomic E-state index is 9.83. The van der Waals surface area contributed by atoms with E-state index in [1.54, 1.807) is 12.4 Å². The average Bonchev–Trinajstić information content (AvgIpc) is 2.80. The maximum absolute atomic E-state index is 9.83. The van der Waals surface area contributed by atoms with Crippen LogP contribution in [0, 0.1) is 0 Å². The standard InChI is InChI=1S/C11H15NO3/c13-10(9-2-1-5-12-8-9)3-4-11-14-6-7-15-11/h1-2,5,8,10-11,13H,3-4,6-7H2. The summed E-state index contributed by atoms with van der Waals surface area (Å²) in [6, 6.07) is 3.69. The summed E-state index contributed by atoms with van der Waals surface area (Å²) in [5, 5.41) is 9.83. The molecule has 2 heterocycles. The van der Waals surface area contributed by atoms with Crippen LogP contribution in [-0.2, 0) is 9.47 Å². The van der Waals surface area contributed by atoms with E-state index in [1.807, 2.05) is 12.1 Å². The van der Waals surface area contributed by atoms with E-state index in [4.69, 9.17) is 9.47 Å². The molecule has 1 aromatic heterocycles. The second-order valence-corrected chi connectivity index (χ2v) is 3.55. The summed E-state index contributed by atoms with van der Waals surface area (Å²) >= 11 is 0. The van der Waals surface area contributed by atoms with Crippen molar-refractivity contribution in [1.29, 1.82) is 0 Å². The van der Waals surface area contributed by atoms with Gasteiger partial charge in [0.2, 0.25) is 0 Å². The molecule has 15 heavy (non-hydrogen) atoms. The van der Waals surface area contributed by atoms with E-state index in [0.717, 1.165) is 12.0 Å². The molecule has 2 rings (SSSR count). The van der Waals surface area contributed by atoms with Crippen LogP contribution >= 0.6 is 0 Å². The first-order valence-corrected chi connectivity index (χ1v) is 5.17. The van der Waals surface area contributed by atoms with E-state index in [0.29, 0.717) is 19.6 Å². The molecular formula is C11H15NO3. The summed E-state index contributed by atoms with van der Waals surface area (Å²) < 4.78 is 10.6. The van der Waals surface area contributed by atoms with Crippen LogP contribution in [0.4, 0.5) is 0 Å². The lowest BCUT2D eigenvalue weighted by Gasteiger charge is -2.13. The molecule has 1 fully saturated rings. The topological polar surface area (TPSA) is 51.6 Å². The fraction of sp³-hybridized carbons (Fsp3) is 0.545. The Morgan fingerprint density at radius 2 is 2.27 bits per heavy atom. The predicted molar refractivity (Wildman–Crippen MR) is 54.1 cm³/mol. The van der Waals surface area contributed by atoms with Crippen molar-refractivity contribution >= 4 is 0 Å². The minimum atomic E-state index is -0.480. The fourth-order valence-corrected chi connectivity index (χ4v) is 1.61. The highest BCUT2D eigenvalue weighted by Gasteiger charge is 2.17. The Balaban J connectivity index is 1.79. The van der Waals surface area contributed by atoms with Crippen LogP contribution in [0.25, 0.3) is 0 Å². The monoisotopic (exact) mass is 209 g/mol. The van der Waals surface area contributed by atoms with Crippen LogP contribution in [0.1, 0.15) is 24.5 Å². The minimum Gasteiger partial charge on any atom is -0.388 e. The quantitative estimate of drug-likeness (QED) is 0.811. The van der Waals surface area contributed by atoms with Crippen molar-refractivity contribution in [2.75, 3.05) is 13.2 Å². The molecule has 0 aromatic carbocycles. The van der Waals surface area contributed by atoms with Crippen molar-refractivity contribution in [3.05, 3.63) is 30.1 Å². The highest BCUT2D eigenvalue weighted by Crippen LogP contribution is 2.20. The largest absolute Gasteiger partial charge is 0.388 e. The molecular weight excluding hydrogens is 194 g/mol. The number of ether oxygens (including phenoxy) is 2. The van der Waals surface area contributed by atoms with E-state index < -0.39 is 6.10 Å². The Kier molecular flexibility index (Phi) is 3.66. The van der Waals surface area contributed by atoms with Crippen LogP contribution in [0.3, 0.4) is 0 Å². The molecule has 0 saturated carbocycles. The summed E-state index contributed by atoms with van der Waals surface area (Å²) in [4.78, 5) is 3.96. The van der Waals surface area contributed by atoms with Crippen LogP contribution in [0.15, 0.2) is 24.5 Å². The normalized spacial score (nSPS) is 19.3. The van der Waals surface area contributed by atoms with Gasteiger partial charge in [-0.2, -0.15) is 0 Å². The molecule has 1 N–H and O–H groups in total. The minimum absolute atomic E-state index is 0.142. The van der Waals surface area contributed by atoms with Gasteiger partial charge in [-0.3, -0.25) is 4.98 Å². The number of aliphatic hydroxyl groups excluding tert-OH is 1. The number of rotatable bonds is 4. The third kappa shape index (κ3) is 2.99. The summed E-state index contributed by atoms with van der Waals surface area (Å²) in [6.07, 6.45) is 4.11. The molecule has 4 heteroatoms. The molecule has 82 valence electrons. The van der Waals surface area contributed by atoms with Gasteiger partial charge in [0.1, 0.15) is 0 Å². The second-order valence-electron chi connectivity index (χ2n) is 3.55. The molecule has 0 radical (unpaired) electrons. The van der Waals surface area contributed by atoms with Crippen LogP contribution < -0.4 is 0 Å². The van der Waals surface area contributed by atoms with E-state index in [1.165, 1.54) is 0 Å². The molecule has 1 aliphatic rings. The van der Waals surface area contributed by atoms with Crippen molar-refractivity contribution in [3.8, 4) is 0 Å². The van der Waals surface area contributed by atoms with Gasteiger partial charge in [0.05, 0.1) is 19.3 Å². The lowest BCUT2D eigenvalue weighted by atomic mass is 10.1. The van der Waals surface area contributed by atoms with Gasteiger partial charge >= 0.3 is 0 Å². The zero-order valence-electron chi connectivity index (χ0n) is 8.50. The number of pyridine rings is 1. The van der Waals surface area contributed by atoms with Crippen LogP contribution in [0.2, 0.25) is 0 Å². The third-order valence-electron chi connectivity index (χ3n) is 2.44. The van der Waals surface area contributed by atoms with E-state index in [2.05, 4.69) is 4.98 Å². The van der Waals surface area contributed by atoms with Gasteiger partial charge in [-0.15, -0.1) is 0 Å². The van der Waals surface area contributed by atoms with E-state index >= 15 is 0 Å². The first kappa shape index (κ1) is 10.5. The van der Waals surface area contributed by atoms with Crippen molar-refractivity contribution in [2.45, 2.75) is 25.2 Å². The van der Waals surface area contributed by atoms with Crippen molar-refractivity contribution in [3.63, 3.8) is 0 Å². The van der Waals surface area contributed by atoms with Crippen molar-refractivity contribution < 1.29 is 14.6 Å². The molecule has 4 nitrogen and oxygen atoms in total. The van der Waals surface area contributed by atoms with Gasteiger partial charge in [0.25, 0.3) is 0 Å². The van der Waals surface area contributed by atoms with Gasteiger partial charge in [0.15, 0.2) is 6.29 Å². The Labute approximate surface area is 88.9 Å². The van der Waals surface area contributed by atoms with Crippen molar-refractivity contribution in [2.24, 2.45) is 0 Å². The fourth-order valence-electron chi connectivity index (χ4n) is 1.61. The SMILES string of the molecule is OC(CCC1OCCO1)c1cccnc1. The summed E-state index contributed by atoms with van der Waals surface area (Å²) in [5.74, 6) is 0. The maximum Gasteiger partial charge on any atom is 0.157 e. The van der Waals surface area contributed by atoms with Crippen LogP contribution in [-0.4, -0.2) is 29.6 Å².